The first-order chi connectivity index (χ1) is 19.7. The van der Waals surface area contributed by atoms with E-state index in [4.69, 9.17) is 0 Å². The summed E-state index contributed by atoms with van der Waals surface area (Å²) in [5, 5.41) is 12.8. The van der Waals surface area contributed by atoms with E-state index in [1.54, 1.807) is 6.07 Å². The Morgan fingerprint density at radius 3 is 2.20 bits per heavy atom. The summed E-state index contributed by atoms with van der Waals surface area (Å²) in [6, 6.07) is 4.85. The Balaban J connectivity index is 0.000000921. The number of fused-ring (bicyclic) bond motifs is 6. The molecule has 0 fully saturated rings. The van der Waals surface area contributed by atoms with Gasteiger partial charge >= 0.3 is 0 Å². The Labute approximate surface area is 236 Å². The second-order valence-electron chi connectivity index (χ2n) is 8.36. The molecule has 5 rings (SSSR count). The van der Waals surface area contributed by atoms with Crippen LogP contribution in [0.25, 0.3) is 0 Å². The molecule has 0 saturated carbocycles. The average Bonchev–Trinajstić information content (AvgIpc) is 3.15. The van der Waals surface area contributed by atoms with E-state index in [-0.39, 0.29) is 17.9 Å². The van der Waals surface area contributed by atoms with E-state index in [0.29, 0.717) is 30.5 Å². The summed E-state index contributed by atoms with van der Waals surface area (Å²) in [5.41, 5.74) is -2.04. The van der Waals surface area contributed by atoms with Gasteiger partial charge in [-0.3, -0.25) is 14.4 Å². The maximum Gasteiger partial charge on any atom is 0.279 e. The Morgan fingerprint density at radius 2 is 1.59 bits per heavy atom. The number of nitrogens with one attached hydrogen (secondary N) is 1. The number of anilines is 1. The number of hydrogen-bond acceptors (Lipinski definition) is 4. The molecule has 2 aromatic carbocycles. The van der Waals surface area contributed by atoms with E-state index in [1.165, 1.54) is 21.6 Å². The highest BCUT2D eigenvalue weighted by molar-refractivity contribution is 6.08. The van der Waals surface area contributed by atoms with Crippen LogP contribution < -0.4 is 15.6 Å². The highest BCUT2D eigenvalue weighted by Gasteiger charge is 2.39. The number of hydrogen-bond donors (Lipinski definition) is 2. The molecule has 2 bridgehead atoms. The second kappa shape index (κ2) is 14.5. The molecular weight excluding hydrogens is 542 g/mol. The van der Waals surface area contributed by atoms with Gasteiger partial charge in [-0.2, -0.15) is 0 Å². The van der Waals surface area contributed by atoms with Gasteiger partial charge in [0.25, 0.3) is 11.8 Å². The Morgan fingerprint density at radius 1 is 0.976 bits per heavy atom. The van der Waals surface area contributed by atoms with Crippen LogP contribution in [0.4, 0.5) is 23.2 Å². The third kappa shape index (κ3) is 6.44. The van der Waals surface area contributed by atoms with Crippen molar-refractivity contribution in [1.29, 1.82) is 0 Å². The number of amides is 2. The monoisotopic (exact) mass is 577 g/mol. The minimum Gasteiger partial charge on any atom is -0.503 e. The number of pyridine rings is 1. The van der Waals surface area contributed by atoms with Crippen LogP contribution in [0.1, 0.15) is 86.0 Å². The zero-order chi connectivity index (χ0) is 31.0. The number of para-hydroxylation sites is 1. The summed E-state index contributed by atoms with van der Waals surface area (Å²) in [6.45, 7) is 11.4. The van der Waals surface area contributed by atoms with Gasteiger partial charge in [0.05, 0.1) is 11.7 Å². The third-order valence-electron chi connectivity index (χ3n) is 6.31. The molecule has 3 heterocycles. The lowest BCUT2D eigenvalue weighted by molar-refractivity contribution is 0.0928. The van der Waals surface area contributed by atoms with Gasteiger partial charge in [-0.15, -0.1) is 0 Å². The van der Waals surface area contributed by atoms with E-state index in [0.717, 1.165) is 6.20 Å². The van der Waals surface area contributed by atoms with Crippen LogP contribution in [0.5, 0.6) is 5.75 Å². The molecule has 41 heavy (non-hydrogen) atoms. The summed E-state index contributed by atoms with van der Waals surface area (Å²) in [4.78, 5) is 39.8. The molecule has 3 aromatic rings. The van der Waals surface area contributed by atoms with Crippen molar-refractivity contribution in [2.75, 3.05) is 11.4 Å². The maximum absolute atomic E-state index is 14.6. The fraction of sp³-hybridized carbons (Fsp3) is 0.367. The van der Waals surface area contributed by atoms with Crippen LogP contribution in [-0.2, 0) is 13.0 Å². The lowest BCUT2D eigenvalue weighted by Gasteiger charge is -2.35. The van der Waals surface area contributed by atoms with Gasteiger partial charge in [-0.25, -0.2) is 17.6 Å². The molecule has 2 aliphatic heterocycles. The molecule has 2 aliphatic rings. The van der Waals surface area contributed by atoms with Crippen molar-refractivity contribution in [2.45, 2.75) is 67.0 Å². The van der Waals surface area contributed by atoms with E-state index >= 15 is 0 Å². The van der Waals surface area contributed by atoms with Crippen LogP contribution in [-0.4, -0.2) is 28.0 Å². The Bertz CT molecular complexity index is 1450. The van der Waals surface area contributed by atoms with Crippen molar-refractivity contribution in [1.82, 2.24) is 9.88 Å². The SMILES string of the molecule is CC.CC.CC.O=C(NCc1c(F)cc(F)cc1F)c1cn2c(c(O)c1=O)C(=O)N1CC2CCc2cccc(F)c21. The molecule has 0 spiro atoms. The van der Waals surface area contributed by atoms with Crippen molar-refractivity contribution < 1.29 is 32.3 Å². The number of aromatic nitrogens is 1. The number of aromatic hydroxyl groups is 1. The van der Waals surface area contributed by atoms with Gasteiger partial charge in [0.15, 0.2) is 11.4 Å². The first-order valence-electron chi connectivity index (χ1n) is 13.7. The molecule has 0 aliphatic carbocycles. The zero-order valence-corrected chi connectivity index (χ0v) is 23.9. The first kappa shape index (κ1) is 33.1. The van der Waals surface area contributed by atoms with E-state index in [9.17, 15) is 37.1 Å². The van der Waals surface area contributed by atoms with Gasteiger partial charge in [-0.05, 0) is 24.5 Å². The molecule has 1 aromatic heterocycles. The van der Waals surface area contributed by atoms with Crippen LogP contribution >= 0.6 is 0 Å². The largest absolute Gasteiger partial charge is 0.503 e. The molecule has 1 atom stereocenters. The van der Waals surface area contributed by atoms with Gasteiger partial charge in [0, 0.05) is 37.0 Å². The maximum atomic E-state index is 14.6. The quantitative estimate of drug-likeness (QED) is 0.359. The summed E-state index contributed by atoms with van der Waals surface area (Å²) >= 11 is 0. The van der Waals surface area contributed by atoms with Crippen LogP contribution in [0.2, 0.25) is 0 Å². The predicted octanol–water partition coefficient (Wildman–Crippen LogP) is 6.27. The molecule has 1 unspecified atom stereocenters. The molecule has 7 nitrogen and oxygen atoms in total. The van der Waals surface area contributed by atoms with E-state index in [1.807, 2.05) is 41.5 Å². The van der Waals surface area contributed by atoms with Crippen molar-refractivity contribution in [3.63, 3.8) is 0 Å². The number of halogens is 4. The molecule has 11 heteroatoms. The summed E-state index contributed by atoms with van der Waals surface area (Å²) in [5.74, 6) is -7.02. The standard InChI is InChI=1S/C24H17F4N3O4.3C2H6/c25-12-6-17(27)14(18(28)7-12)8-29-23(34)15-10-30-13-5-4-11-2-1-3-16(26)19(11)31(9-13)24(35)20(30)22(33)21(15)32;3*1-2/h1-3,6-7,10,13,33H,4-5,8-9H2,(H,29,34);3*1-2H3. The van der Waals surface area contributed by atoms with Gasteiger partial charge < -0.3 is 19.9 Å². The van der Waals surface area contributed by atoms with Crippen molar-refractivity contribution in [2.24, 2.45) is 0 Å². The van der Waals surface area contributed by atoms with Gasteiger partial charge in [0.2, 0.25) is 5.43 Å². The Hall–Kier alpha value is -4.15. The van der Waals surface area contributed by atoms with Crippen LogP contribution in [0.3, 0.4) is 0 Å². The van der Waals surface area contributed by atoms with E-state index in [2.05, 4.69) is 5.32 Å². The third-order valence-corrected chi connectivity index (χ3v) is 6.31. The number of nitrogens with zero attached hydrogens (tertiary/aromatic N) is 2. The molecule has 0 saturated heterocycles. The lowest BCUT2D eigenvalue weighted by Crippen LogP contribution is -2.45. The van der Waals surface area contributed by atoms with Gasteiger partial charge in [-0.1, -0.05) is 53.7 Å². The fourth-order valence-corrected chi connectivity index (χ4v) is 4.60. The number of carbonyl (C=O) groups is 2. The fourth-order valence-electron chi connectivity index (χ4n) is 4.60. The summed E-state index contributed by atoms with van der Waals surface area (Å²) in [7, 11) is 0. The lowest BCUT2D eigenvalue weighted by atomic mass is 10.0. The molecule has 2 N–H and O–H groups in total. The molecule has 2 amide bonds. The molecule has 0 radical (unpaired) electrons. The van der Waals surface area contributed by atoms with Crippen LogP contribution in [0, 0.1) is 23.3 Å². The number of aryl methyl sites for hydroxylation is 1. The number of benzene rings is 2. The first-order valence-corrected chi connectivity index (χ1v) is 13.7. The molecule has 222 valence electrons. The second-order valence-corrected chi connectivity index (χ2v) is 8.36. The van der Waals surface area contributed by atoms with Crippen molar-refractivity contribution in [3.05, 3.63) is 92.4 Å². The minimum absolute atomic E-state index is 0.0507. The van der Waals surface area contributed by atoms with E-state index < -0.39 is 70.0 Å². The van der Waals surface area contributed by atoms with Crippen molar-refractivity contribution >= 4 is 17.5 Å². The normalized spacial score (nSPS) is 14.4. The minimum atomic E-state index is -1.22. The van der Waals surface area contributed by atoms with Crippen molar-refractivity contribution in [3.8, 4) is 5.75 Å². The summed E-state index contributed by atoms with van der Waals surface area (Å²) < 4.78 is 56.8. The van der Waals surface area contributed by atoms with Gasteiger partial charge in [0.1, 0.15) is 28.8 Å². The highest BCUT2D eigenvalue weighted by Crippen LogP contribution is 2.38. The molecular formula is C30H35F4N3O4. The number of rotatable bonds is 3. The topological polar surface area (TPSA) is 91.6 Å². The smallest absolute Gasteiger partial charge is 0.279 e. The Kier molecular flexibility index (Phi) is 11.7. The summed E-state index contributed by atoms with van der Waals surface area (Å²) in [6.07, 6.45) is 1.93. The average molecular weight is 578 g/mol. The zero-order valence-electron chi connectivity index (χ0n) is 23.9. The number of carbonyl (C=O) groups excluding carboxylic acids is 2. The predicted molar refractivity (Wildman–Crippen MR) is 149 cm³/mol. The van der Waals surface area contributed by atoms with Crippen LogP contribution in [0.15, 0.2) is 41.3 Å². The highest BCUT2D eigenvalue weighted by atomic mass is 19.1.